The van der Waals surface area contributed by atoms with Gasteiger partial charge in [0, 0.05) is 33.0 Å². The lowest BCUT2D eigenvalue weighted by Gasteiger charge is -2.12. The molecule has 1 atom stereocenters. The van der Waals surface area contributed by atoms with Crippen LogP contribution in [-0.2, 0) is 5.60 Å². The molecule has 5 heteroatoms. The SMILES string of the molecule is CC(O)(C#CSI)c1cn[nH]c1. The lowest BCUT2D eigenvalue weighted by atomic mass is 10.0. The Hall–Kier alpha value is -0.190. The van der Waals surface area contributed by atoms with Gasteiger partial charge in [0.25, 0.3) is 0 Å². The van der Waals surface area contributed by atoms with E-state index >= 15 is 0 Å². The number of aliphatic hydroxyl groups is 1. The molecule has 0 spiro atoms. The maximum Gasteiger partial charge on any atom is 0.152 e. The second-order valence-electron chi connectivity index (χ2n) is 2.36. The molecule has 12 heavy (non-hydrogen) atoms. The standard InChI is InChI=1S/C7H7IN2OS/c1-7(11,2-3-12-8)6-4-9-10-5-6/h4-5,11H,1H3,(H,9,10). The first kappa shape index (κ1) is 9.89. The summed E-state index contributed by atoms with van der Waals surface area (Å²) >= 11 is 2.05. The molecule has 0 saturated carbocycles. The summed E-state index contributed by atoms with van der Waals surface area (Å²) in [6, 6.07) is 0. The molecule has 0 aliphatic carbocycles. The van der Waals surface area contributed by atoms with Gasteiger partial charge in [-0.1, -0.05) is 5.92 Å². The van der Waals surface area contributed by atoms with E-state index in [2.05, 4.69) is 42.6 Å². The van der Waals surface area contributed by atoms with Gasteiger partial charge in [-0.25, -0.2) is 0 Å². The summed E-state index contributed by atoms with van der Waals surface area (Å²) in [6.07, 6.45) is 3.19. The Morgan fingerprint density at radius 2 is 2.58 bits per heavy atom. The Morgan fingerprint density at radius 1 is 1.83 bits per heavy atom. The average molecular weight is 294 g/mol. The number of aromatic nitrogens is 2. The number of aromatic amines is 1. The van der Waals surface area contributed by atoms with Crippen LogP contribution < -0.4 is 0 Å². The van der Waals surface area contributed by atoms with Crippen molar-refractivity contribution in [1.29, 1.82) is 0 Å². The van der Waals surface area contributed by atoms with E-state index in [0.717, 1.165) is 0 Å². The van der Waals surface area contributed by atoms with Crippen molar-refractivity contribution in [3.05, 3.63) is 18.0 Å². The average Bonchev–Trinajstić information content (AvgIpc) is 2.53. The van der Waals surface area contributed by atoms with Crippen molar-refractivity contribution < 1.29 is 5.11 Å². The van der Waals surface area contributed by atoms with Crippen LogP contribution >= 0.6 is 30.1 Å². The summed E-state index contributed by atoms with van der Waals surface area (Å²) in [5, 5.41) is 18.9. The normalized spacial score (nSPS) is 14.6. The molecule has 1 unspecified atom stereocenters. The van der Waals surface area contributed by atoms with Gasteiger partial charge in [-0.05, 0) is 21.1 Å². The van der Waals surface area contributed by atoms with Gasteiger partial charge in [-0.2, -0.15) is 5.10 Å². The molecule has 1 aromatic heterocycles. The van der Waals surface area contributed by atoms with Gasteiger partial charge in [0.2, 0.25) is 0 Å². The summed E-state index contributed by atoms with van der Waals surface area (Å²) in [6.45, 7) is 1.64. The fraction of sp³-hybridized carbons (Fsp3) is 0.286. The third-order valence-corrected chi connectivity index (χ3v) is 2.23. The Labute approximate surface area is 86.9 Å². The molecule has 1 rings (SSSR count). The maximum atomic E-state index is 9.76. The van der Waals surface area contributed by atoms with Crippen molar-refractivity contribution in [2.24, 2.45) is 0 Å². The van der Waals surface area contributed by atoms with Crippen LogP contribution in [0.5, 0.6) is 0 Å². The predicted molar refractivity (Wildman–Crippen MR) is 57.5 cm³/mol. The highest BCUT2D eigenvalue weighted by molar-refractivity contribution is 14.2. The van der Waals surface area contributed by atoms with Crippen LogP contribution in [0.4, 0.5) is 0 Å². The van der Waals surface area contributed by atoms with Gasteiger partial charge in [-0.3, -0.25) is 5.10 Å². The molecule has 0 amide bonds. The van der Waals surface area contributed by atoms with Crippen molar-refractivity contribution in [2.45, 2.75) is 12.5 Å². The van der Waals surface area contributed by atoms with Crippen molar-refractivity contribution in [2.75, 3.05) is 0 Å². The lowest BCUT2D eigenvalue weighted by Crippen LogP contribution is -2.17. The summed E-state index contributed by atoms with van der Waals surface area (Å²) < 4.78 is 0. The third-order valence-electron chi connectivity index (χ3n) is 1.39. The Balaban J connectivity index is 2.86. The quantitative estimate of drug-likeness (QED) is 0.612. The van der Waals surface area contributed by atoms with Crippen molar-refractivity contribution >= 4 is 30.1 Å². The van der Waals surface area contributed by atoms with Gasteiger partial charge in [0.05, 0.1) is 6.20 Å². The van der Waals surface area contributed by atoms with E-state index in [9.17, 15) is 5.11 Å². The number of halogens is 1. The number of nitrogens with one attached hydrogen (secondary N) is 1. The van der Waals surface area contributed by atoms with Gasteiger partial charge in [0.1, 0.15) is 0 Å². The fourth-order valence-electron chi connectivity index (χ4n) is 0.708. The minimum Gasteiger partial charge on any atom is -0.374 e. The minimum absolute atomic E-state index is 0.681. The summed E-state index contributed by atoms with van der Waals surface area (Å²) in [5.74, 6) is 2.71. The van der Waals surface area contributed by atoms with Crippen LogP contribution in [0.1, 0.15) is 12.5 Å². The van der Waals surface area contributed by atoms with Gasteiger partial charge in [-0.15, -0.1) is 0 Å². The molecule has 1 heterocycles. The van der Waals surface area contributed by atoms with Gasteiger partial charge in [0.15, 0.2) is 5.60 Å². The summed E-state index contributed by atoms with van der Waals surface area (Å²) in [4.78, 5) is 0. The zero-order valence-electron chi connectivity index (χ0n) is 6.34. The second kappa shape index (κ2) is 4.16. The largest absolute Gasteiger partial charge is 0.374 e. The smallest absolute Gasteiger partial charge is 0.152 e. The van der Waals surface area contributed by atoms with Crippen LogP contribution in [0.3, 0.4) is 0 Å². The van der Waals surface area contributed by atoms with E-state index in [-0.39, 0.29) is 0 Å². The third kappa shape index (κ3) is 2.40. The van der Waals surface area contributed by atoms with Crippen LogP contribution in [0.25, 0.3) is 0 Å². The van der Waals surface area contributed by atoms with Crippen molar-refractivity contribution in [3.63, 3.8) is 0 Å². The van der Waals surface area contributed by atoms with Crippen molar-refractivity contribution in [3.8, 4) is 11.2 Å². The van der Waals surface area contributed by atoms with Crippen molar-refractivity contribution in [1.82, 2.24) is 10.2 Å². The number of nitrogens with zero attached hydrogens (tertiary/aromatic N) is 1. The zero-order valence-corrected chi connectivity index (χ0v) is 9.31. The number of rotatable bonds is 1. The van der Waals surface area contributed by atoms with Gasteiger partial charge >= 0.3 is 0 Å². The molecule has 64 valence electrons. The van der Waals surface area contributed by atoms with Crippen LogP contribution in [-0.4, -0.2) is 15.3 Å². The van der Waals surface area contributed by atoms with Gasteiger partial charge < -0.3 is 5.11 Å². The Morgan fingerprint density at radius 3 is 3.08 bits per heavy atom. The molecular formula is C7H7IN2OS. The van der Waals surface area contributed by atoms with Crippen LogP contribution in [0.2, 0.25) is 0 Å². The van der Waals surface area contributed by atoms with E-state index in [1.165, 1.54) is 8.93 Å². The molecule has 3 nitrogen and oxygen atoms in total. The van der Waals surface area contributed by atoms with Crippen LogP contribution in [0, 0.1) is 11.2 Å². The van der Waals surface area contributed by atoms with Crippen LogP contribution in [0.15, 0.2) is 12.4 Å². The first-order valence-corrected chi connectivity index (χ1v) is 6.54. The molecule has 0 aliphatic heterocycles. The highest BCUT2D eigenvalue weighted by Gasteiger charge is 2.20. The Kier molecular flexibility index (Phi) is 3.43. The number of H-pyrrole nitrogens is 1. The van der Waals surface area contributed by atoms with E-state index in [1.807, 2.05) is 0 Å². The maximum absolute atomic E-state index is 9.76. The fourth-order valence-corrected chi connectivity index (χ4v) is 1.28. The Bertz CT molecular complexity index is 299. The summed E-state index contributed by atoms with van der Waals surface area (Å²) in [5.41, 5.74) is -0.425. The molecule has 0 saturated heterocycles. The summed E-state index contributed by atoms with van der Waals surface area (Å²) in [7, 11) is 1.34. The first-order valence-electron chi connectivity index (χ1n) is 3.18. The molecule has 0 aliphatic rings. The molecule has 2 N–H and O–H groups in total. The van der Waals surface area contributed by atoms with E-state index in [1.54, 1.807) is 19.3 Å². The van der Waals surface area contributed by atoms with E-state index in [0.29, 0.717) is 5.56 Å². The lowest BCUT2D eigenvalue weighted by molar-refractivity contribution is 0.122. The minimum atomic E-state index is -1.11. The molecule has 0 bridgehead atoms. The molecule has 0 radical (unpaired) electrons. The number of hydrogen-bond acceptors (Lipinski definition) is 3. The molecule has 0 fully saturated rings. The topological polar surface area (TPSA) is 48.9 Å². The predicted octanol–water partition coefficient (Wildman–Crippen LogP) is 1.66. The monoisotopic (exact) mass is 294 g/mol. The second-order valence-corrected chi connectivity index (χ2v) is 4.04. The molecular weight excluding hydrogens is 287 g/mol. The highest BCUT2D eigenvalue weighted by Crippen LogP contribution is 2.19. The molecule has 0 aromatic carbocycles. The first-order chi connectivity index (χ1) is 5.67. The highest BCUT2D eigenvalue weighted by atomic mass is 127. The van der Waals surface area contributed by atoms with E-state index < -0.39 is 5.60 Å². The van der Waals surface area contributed by atoms with E-state index in [4.69, 9.17) is 0 Å². The molecule has 1 aromatic rings. The zero-order chi connectivity index (χ0) is 9.03. The number of hydrogen-bond donors (Lipinski definition) is 2.